The molecule has 0 aliphatic rings. The summed E-state index contributed by atoms with van der Waals surface area (Å²) in [5.41, 5.74) is 1.26. The van der Waals surface area contributed by atoms with E-state index in [-0.39, 0.29) is 10.6 Å². The molecule has 4 nitrogen and oxygen atoms in total. The molecule has 0 radical (unpaired) electrons. The summed E-state index contributed by atoms with van der Waals surface area (Å²) in [4.78, 5) is 24.1. The zero-order valence-corrected chi connectivity index (χ0v) is 14.3. The van der Waals surface area contributed by atoms with Gasteiger partial charge in [0.1, 0.15) is 10.6 Å². The lowest BCUT2D eigenvalue weighted by Gasteiger charge is -2.11. The molecule has 0 bridgehead atoms. The van der Waals surface area contributed by atoms with Gasteiger partial charge in [0.15, 0.2) is 0 Å². The number of rotatable bonds is 3. The number of amides is 1. The van der Waals surface area contributed by atoms with Gasteiger partial charge in [-0.05, 0) is 12.5 Å². The molecule has 0 aliphatic carbocycles. The van der Waals surface area contributed by atoms with Gasteiger partial charge >= 0.3 is 5.97 Å². The maximum Gasteiger partial charge on any atom is 0.339 e. The molecule has 1 aromatic heterocycles. The van der Waals surface area contributed by atoms with Gasteiger partial charge in [-0.25, -0.2) is 4.79 Å². The summed E-state index contributed by atoms with van der Waals surface area (Å²) in [5, 5.41) is 12.0. The largest absolute Gasteiger partial charge is 0.478 e. The second-order valence-electron chi connectivity index (χ2n) is 4.36. The first kappa shape index (κ1) is 17.1. The number of nitrogens with one attached hydrogen (secondary N) is 1. The van der Waals surface area contributed by atoms with Crippen molar-refractivity contribution in [3.05, 3.63) is 40.8 Å². The molecule has 0 spiro atoms. The summed E-state index contributed by atoms with van der Waals surface area (Å²) in [6.07, 6.45) is 0. The number of carbonyl (C=O) groups excluding carboxylic acids is 1. The predicted octanol–water partition coefficient (Wildman–Crippen LogP) is 4.73. The van der Waals surface area contributed by atoms with Crippen LogP contribution < -0.4 is 5.32 Å². The molecule has 0 saturated carbocycles. The molecule has 1 aromatic carbocycles. The Kier molecular flexibility index (Phi) is 5.02. The number of anilines is 1. The van der Waals surface area contributed by atoms with Gasteiger partial charge in [0.25, 0.3) is 9.70 Å². The Labute approximate surface area is 145 Å². The van der Waals surface area contributed by atoms with E-state index in [9.17, 15) is 14.7 Å². The molecule has 2 N–H and O–H groups in total. The number of thiophene rings is 1. The number of aryl methyl sites for hydroxylation is 1. The summed E-state index contributed by atoms with van der Waals surface area (Å²) < 4.78 is -2.17. The number of carboxylic acids is 1. The van der Waals surface area contributed by atoms with Crippen LogP contribution in [0.15, 0.2) is 30.3 Å². The molecule has 0 aliphatic heterocycles. The lowest BCUT2D eigenvalue weighted by molar-refractivity contribution is -0.115. The van der Waals surface area contributed by atoms with Crippen molar-refractivity contribution in [3.63, 3.8) is 0 Å². The van der Waals surface area contributed by atoms with Crippen molar-refractivity contribution in [3.8, 4) is 11.1 Å². The van der Waals surface area contributed by atoms with E-state index in [2.05, 4.69) is 5.32 Å². The highest BCUT2D eigenvalue weighted by molar-refractivity contribution is 7.17. The normalized spacial score (nSPS) is 11.3. The van der Waals surface area contributed by atoms with Crippen molar-refractivity contribution in [1.82, 2.24) is 0 Å². The molecule has 116 valence electrons. The van der Waals surface area contributed by atoms with Crippen LogP contribution in [0.4, 0.5) is 5.00 Å². The number of benzene rings is 1. The van der Waals surface area contributed by atoms with Crippen LogP contribution in [0, 0.1) is 6.92 Å². The van der Waals surface area contributed by atoms with Gasteiger partial charge in [0.2, 0.25) is 0 Å². The summed E-state index contributed by atoms with van der Waals surface area (Å²) >= 11 is 17.6. The highest BCUT2D eigenvalue weighted by atomic mass is 35.6. The van der Waals surface area contributed by atoms with Gasteiger partial charge < -0.3 is 10.4 Å². The summed E-state index contributed by atoms with van der Waals surface area (Å²) in [7, 11) is 0. The van der Waals surface area contributed by atoms with Crippen LogP contribution in [-0.2, 0) is 4.79 Å². The standard InChI is InChI=1S/C14H10Cl3NO3S/c1-7-9(8-5-3-2-4-6-8)10(12(19)20)11(22-7)18-13(21)14(15,16)17/h2-6H,1H3,(H,18,21)(H,19,20). The molecule has 1 heterocycles. The van der Waals surface area contributed by atoms with E-state index < -0.39 is 15.7 Å². The third-order valence-electron chi connectivity index (χ3n) is 2.85. The van der Waals surface area contributed by atoms with Crippen molar-refractivity contribution in [2.45, 2.75) is 10.7 Å². The van der Waals surface area contributed by atoms with Crippen molar-refractivity contribution in [1.29, 1.82) is 0 Å². The van der Waals surface area contributed by atoms with Crippen molar-refractivity contribution >= 4 is 63.0 Å². The Balaban J connectivity index is 2.54. The second kappa shape index (κ2) is 6.46. The van der Waals surface area contributed by atoms with E-state index in [4.69, 9.17) is 34.8 Å². The second-order valence-corrected chi connectivity index (χ2v) is 7.87. The zero-order chi connectivity index (χ0) is 16.5. The molecule has 2 rings (SSSR count). The number of hydrogen-bond acceptors (Lipinski definition) is 3. The number of alkyl halides is 3. The minimum absolute atomic E-state index is 0.0173. The highest BCUT2D eigenvalue weighted by Gasteiger charge is 2.33. The van der Waals surface area contributed by atoms with E-state index in [1.807, 2.05) is 6.07 Å². The fourth-order valence-corrected chi connectivity index (χ4v) is 3.17. The molecular formula is C14H10Cl3NO3S. The van der Waals surface area contributed by atoms with Gasteiger partial charge in [-0.2, -0.15) is 0 Å². The zero-order valence-electron chi connectivity index (χ0n) is 11.2. The smallest absolute Gasteiger partial charge is 0.339 e. The number of carboxylic acid groups (broad SMARTS) is 1. The topological polar surface area (TPSA) is 66.4 Å². The molecular weight excluding hydrogens is 369 g/mol. The number of carbonyl (C=O) groups is 2. The van der Waals surface area contributed by atoms with Crippen molar-refractivity contribution in [2.24, 2.45) is 0 Å². The molecule has 0 atom stereocenters. The molecule has 0 saturated heterocycles. The van der Waals surface area contributed by atoms with E-state index >= 15 is 0 Å². The Morgan fingerprint density at radius 2 is 1.77 bits per heavy atom. The van der Waals surface area contributed by atoms with Crippen LogP contribution in [0.3, 0.4) is 0 Å². The average Bonchev–Trinajstić information content (AvgIpc) is 2.75. The maximum atomic E-state index is 11.8. The van der Waals surface area contributed by atoms with Crippen LogP contribution in [0.2, 0.25) is 0 Å². The highest BCUT2D eigenvalue weighted by Crippen LogP contribution is 2.40. The van der Waals surface area contributed by atoms with Crippen molar-refractivity contribution < 1.29 is 14.7 Å². The number of hydrogen-bond donors (Lipinski definition) is 2. The third-order valence-corrected chi connectivity index (χ3v) is 4.38. The Morgan fingerprint density at radius 3 is 2.27 bits per heavy atom. The molecule has 1 amide bonds. The minimum atomic E-state index is -2.17. The minimum Gasteiger partial charge on any atom is -0.478 e. The van der Waals surface area contributed by atoms with Crippen LogP contribution in [0.25, 0.3) is 11.1 Å². The van der Waals surface area contributed by atoms with Crippen molar-refractivity contribution in [2.75, 3.05) is 5.32 Å². The quantitative estimate of drug-likeness (QED) is 0.759. The lowest BCUT2D eigenvalue weighted by atomic mass is 10.0. The number of aromatic carboxylic acids is 1. The molecule has 8 heteroatoms. The fourth-order valence-electron chi connectivity index (χ4n) is 1.96. The molecule has 2 aromatic rings. The molecule has 0 fully saturated rings. The number of halogens is 3. The molecule has 22 heavy (non-hydrogen) atoms. The van der Waals surface area contributed by atoms with Gasteiger partial charge in [-0.1, -0.05) is 65.1 Å². The molecule has 0 unspecified atom stereocenters. The van der Waals surface area contributed by atoms with Gasteiger partial charge in [-0.3, -0.25) is 4.79 Å². The first-order valence-corrected chi connectivity index (χ1v) is 7.97. The summed E-state index contributed by atoms with van der Waals surface area (Å²) in [6.45, 7) is 1.77. The first-order valence-electron chi connectivity index (χ1n) is 6.02. The van der Waals surface area contributed by atoms with Crippen LogP contribution >= 0.6 is 46.1 Å². The van der Waals surface area contributed by atoms with Crippen LogP contribution in [0.5, 0.6) is 0 Å². The summed E-state index contributed by atoms with van der Waals surface area (Å²) in [6, 6.07) is 9.02. The Bertz CT molecular complexity index is 723. The van der Waals surface area contributed by atoms with Gasteiger partial charge in [0, 0.05) is 10.4 Å². The SMILES string of the molecule is Cc1sc(NC(=O)C(Cl)(Cl)Cl)c(C(=O)O)c1-c1ccccc1. The van der Waals surface area contributed by atoms with Gasteiger partial charge in [0.05, 0.1) is 0 Å². The Morgan fingerprint density at radius 1 is 1.18 bits per heavy atom. The Hall–Kier alpha value is -1.27. The maximum absolute atomic E-state index is 11.8. The monoisotopic (exact) mass is 377 g/mol. The van der Waals surface area contributed by atoms with Crippen LogP contribution in [-0.4, -0.2) is 20.8 Å². The summed E-state index contributed by atoms with van der Waals surface area (Å²) in [5.74, 6) is -2.07. The third kappa shape index (κ3) is 3.55. The van der Waals surface area contributed by atoms with Gasteiger partial charge in [-0.15, -0.1) is 11.3 Å². The fraction of sp³-hybridized carbons (Fsp3) is 0.143. The lowest BCUT2D eigenvalue weighted by Crippen LogP contribution is -2.27. The van der Waals surface area contributed by atoms with E-state index in [0.717, 1.165) is 21.8 Å². The van der Waals surface area contributed by atoms with E-state index in [1.54, 1.807) is 31.2 Å². The van der Waals surface area contributed by atoms with E-state index in [0.29, 0.717) is 5.56 Å². The predicted molar refractivity (Wildman–Crippen MR) is 90.4 cm³/mol. The van der Waals surface area contributed by atoms with E-state index in [1.165, 1.54) is 0 Å². The first-order chi connectivity index (χ1) is 10.2. The van der Waals surface area contributed by atoms with Crippen LogP contribution in [0.1, 0.15) is 15.2 Å². The average molecular weight is 379 g/mol.